The van der Waals surface area contributed by atoms with Gasteiger partial charge in [-0.05, 0) is 62.2 Å². The molecule has 6 unspecified atom stereocenters. The molecule has 0 heterocycles. The highest BCUT2D eigenvalue weighted by molar-refractivity contribution is 4.89. The summed E-state index contributed by atoms with van der Waals surface area (Å²) in [5.41, 5.74) is 0. The van der Waals surface area contributed by atoms with Crippen LogP contribution >= 0.6 is 0 Å². The lowest BCUT2D eigenvalue weighted by Crippen LogP contribution is -2.29. The van der Waals surface area contributed by atoms with Gasteiger partial charge < -0.3 is 9.47 Å². The molecule has 120 valence electrons. The maximum atomic E-state index is 6.19. The number of hydrogen-bond donors (Lipinski definition) is 0. The van der Waals surface area contributed by atoms with E-state index in [9.17, 15) is 0 Å². The molecule has 21 heavy (non-hydrogen) atoms. The number of rotatable bonds is 4. The third-order valence-corrected chi connectivity index (χ3v) is 7.10. The van der Waals surface area contributed by atoms with Crippen LogP contribution in [0.1, 0.15) is 77.0 Å². The Morgan fingerprint density at radius 3 is 1.52 bits per heavy atom. The van der Waals surface area contributed by atoms with Gasteiger partial charge in [-0.2, -0.15) is 0 Å². The van der Waals surface area contributed by atoms with Crippen LogP contribution in [0.5, 0.6) is 0 Å². The predicted molar refractivity (Wildman–Crippen MR) is 84.0 cm³/mol. The van der Waals surface area contributed by atoms with Gasteiger partial charge in [0.1, 0.15) is 6.79 Å². The quantitative estimate of drug-likeness (QED) is 0.685. The molecule has 0 amide bonds. The zero-order chi connectivity index (χ0) is 14.1. The van der Waals surface area contributed by atoms with Crippen molar-refractivity contribution in [3.63, 3.8) is 0 Å². The molecule has 0 aromatic rings. The van der Waals surface area contributed by atoms with E-state index in [-0.39, 0.29) is 0 Å². The Morgan fingerprint density at radius 2 is 1.00 bits per heavy atom. The van der Waals surface area contributed by atoms with Gasteiger partial charge in [0, 0.05) is 0 Å². The largest absolute Gasteiger partial charge is 0.352 e. The van der Waals surface area contributed by atoms with Crippen LogP contribution in [0.3, 0.4) is 0 Å². The van der Waals surface area contributed by atoms with Crippen LogP contribution in [-0.2, 0) is 9.47 Å². The van der Waals surface area contributed by atoms with E-state index in [1.54, 1.807) is 0 Å². The van der Waals surface area contributed by atoms with Gasteiger partial charge in [-0.15, -0.1) is 0 Å². The van der Waals surface area contributed by atoms with Crippen LogP contribution in [0, 0.1) is 23.7 Å². The standard InChI is InChI=1S/C19H32O2/c1-3-7-16-14(5-1)9-11-18(16)20-13-21-19-12-10-15-6-2-4-8-17(15)19/h14-19H,1-13H2. The SMILES string of the molecule is C1CCC2C(C1)CCC2OCOC1CCC2CCCCC21. The van der Waals surface area contributed by atoms with Crippen LogP contribution in [0.25, 0.3) is 0 Å². The third kappa shape index (κ3) is 3.03. The smallest absolute Gasteiger partial charge is 0.147 e. The summed E-state index contributed by atoms with van der Waals surface area (Å²) in [5.74, 6) is 3.65. The highest BCUT2D eigenvalue weighted by atomic mass is 16.7. The summed E-state index contributed by atoms with van der Waals surface area (Å²) >= 11 is 0. The molecule has 2 nitrogen and oxygen atoms in total. The highest BCUT2D eigenvalue weighted by Crippen LogP contribution is 2.45. The third-order valence-electron chi connectivity index (χ3n) is 7.10. The van der Waals surface area contributed by atoms with E-state index in [1.165, 1.54) is 77.0 Å². The molecule has 4 fully saturated rings. The molecular weight excluding hydrogens is 260 g/mol. The molecule has 6 atom stereocenters. The first-order chi connectivity index (χ1) is 10.4. The van der Waals surface area contributed by atoms with Crippen molar-refractivity contribution in [2.45, 2.75) is 89.3 Å². The van der Waals surface area contributed by atoms with Gasteiger partial charge in [0.15, 0.2) is 0 Å². The Balaban J connectivity index is 1.23. The summed E-state index contributed by atoms with van der Waals surface area (Å²) in [6.07, 6.45) is 17.9. The van der Waals surface area contributed by atoms with Crippen molar-refractivity contribution in [1.29, 1.82) is 0 Å². The van der Waals surface area contributed by atoms with Gasteiger partial charge in [-0.3, -0.25) is 0 Å². The van der Waals surface area contributed by atoms with Gasteiger partial charge in [0.2, 0.25) is 0 Å². The normalized spacial score (nSPS) is 46.3. The monoisotopic (exact) mass is 292 g/mol. The molecule has 2 heteroatoms. The van der Waals surface area contributed by atoms with E-state index in [2.05, 4.69) is 0 Å². The van der Waals surface area contributed by atoms with E-state index in [4.69, 9.17) is 9.47 Å². The topological polar surface area (TPSA) is 18.5 Å². The lowest BCUT2D eigenvalue weighted by molar-refractivity contribution is -0.140. The average molecular weight is 292 g/mol. The number of fused-ring (bicyclic) bond motifs is 2. The zero-order valence-corrected chi connectivity index (χ0v) is 13.5. The fourth-order valence-electron chi connectivity index (χ4n) is 5.98. The number of hydrogen-bond acceptors (Lipinski definition) is 2. The minimum Gasteiger partial charge on any atom is -0.352 e. The molecule has 0 bridgehead atoms. The van der Waals surface area contributed by atoms with Gasteiger partial charge in [-0.1, -0.05) is 38.5 Å². The molecule has 4 aliphatic rings. The van der Waals surface area contributed by atoms with Gasteiger partial charge in [-0.25, -0.2) is 0 Å². The first-order valence-corrected chi connectivity index (χ1v) is 9.65. The summed E-state index contributed by atoms with van der Waals surface area (Å²) < 4.78 is 12.4. The summed E-state index contributed by atoms with van der Waals surface area (Å²) in [5, 5.41) is 0. The Kier molecular flexibility index (Phi) is 4.55. The molecule has 0 aromatic heterocycles. The van der Waals surface area contributed by atoms with E-state index in [1.807, 2.05) is 0 Å². The summed E-state index contributed by atoms with van der Waals surface area (Å²) in [6, 6.07) is 0. The Hall–Kier alpha value is -0.0800. The first kappa shape index (κ1) is 14.5. The van der Waals surface area contributed by atoms with Crippen LogP contribution in [-0.4, -0.2) is 19.0 Å². The van der Waals surface area contributed by atoms with Crippen LogP contribution in [0.4, 0.5) is 0 Å². The maximum absolute atomic E-state index is 6.19. The molecule has 4 saturated carbocycles. The van der Waals surface area contributed by atoms with Crippen molar-refractivity contribution in [3.8, 4) is 0 Å². The fraction of sp³-hybridized carbons (Fsp3) is 1.00. The van der Waals surface area contributed by atoms with E-state index >= 15 is 0 Å². The summed E-state index contributed by atoms with van der Waals surface area (Å²) in [7, 11) is 0. The van der Waals surface area contributed by atoms with Gasteiger partial charge >= 0.3 is 0 Å². The van der Waals surface area contributed by atoms with E-state index in [0.717, 1.165) is 23.7 Å². The Bertz CT molecular complexity index is 310. The molecule has 0 radical (unpaired) electrons. The van der Waals surface area contributed by atoms with E-state index in [0.29, 0.717) is 19.0 Å². The number of ether oxygens (including phenoxy) is 2. The summed E-state index contributed by atoms with van der Waals surface area (Å²) in [4.78, 5) is 0. The van der Waals surface area contributed by atoms with Gasteiger partial charge in [0.25, 0.3) is 0 Å². The predicted octanol–water partition coefficient (Wildman–Crippen LogP) is 4.91. The highest BCUT2D eigenvalue weighted by Gasteiger charge is 2.40. The van der Waals surface area contributed by atoms with Crippen molar-refractivity contribution < 1.29 is 9.47 Å². The van der Waals surface area contributed by atoms with Crippen molar-refractivity contribution in [3.05, 3.63) is 0 Å². The van der Waals surface area contributed by atoms with Crippen molar-refractivity contribution in [2.24, 2.45) is 23.7 Å². The lowest BCUT2D eigenvalue weighted by atomic mass is 9.81. The van der Waals surface area contributed by atoms with Crippen molar-refractivity contribution >= 4 is 0 Å². The molecule has 0 spiro atoms. The second-order valence-electron chi connectivity index (χ2n) is 8.10. The molecular formula is C19H32O2. The van der Waals surface area contributed by atoms with E-state index < -0.39 is 0 Å². The van der Waals surface area contributed by atoms with Crippen LogP contribution < -0.4 is 0 Å². The van der Waals surface area contributed by atoms with Crippen molar-refractivity contribution in [1.82, 2.24) is 0 Å². The second-order valence-corrected chi connectivity index (χ2v) is 8.10. The lowest BCUT2D eigenvalue weighted by Gasteiger charge is -2.31. The minimum atomic E-state index is 0.513. The average Bonchev–Trinajstić information content (AvgIpc) is 3.13. The van der Waals surface area contributed by atoms with Crippen LogP contribution in [0.2, 0.25) is 0 Å². The first-order valence-electron chi connectivity index (χ1n) is 9.65. The molecule has 4 rings (SSSR count). The Labute approximate surface area is 130 Å². The summed E-state index contributed by atoms with van der Waals surface area (Å²) in [6.45, 7) is 0.571. The maximum Gasteiger partial charge on any atom is 0.147 e. The minimum absolute atomic E-state index is 0.513. The van der Waals surface area contributed by atoms with Crippen molar-refractivity contribution in [2.75, 3.05) is 6.79 Å². The molecule has 0 N–H and O–H groups in total. The van der Waals surface area contributed by atoms with Gasteiger partial charge in [0.05, 0.1) is 12.2 Å². The molecule has 4 aliphatic carbocycles. The Morgan fingerprint density at radius 1 is 0.524 bits per heavy atom. The molecule has 0 aliphatic heterocycles. The zero-order valence-electron chi connectivity index (χ0n) is 13.5. The molecule has 0 aromatic carbocycles. The van der Waals surface area contributed by atoms with Crippen LogP contribution in [0.15, 0.2) is 0 Å². The fourth-order valence-corrected chi connectivity index (χ4v) is 5.98. The molecule has 0 saturated heterocycles. The second kappa shape index (κ2) is 6.58.